The van der Waals surface area contributed by atoms with Crippen molar-refractivity contribution in [1.82, 2.24) is 34.8 Å². The maximum Gasteiger partial charge on any atom is 0.148 e. The van der Waals surface area contributed by atoms with E-state index in [4.69, 9.17) is 4.74 Å². The van der Waals surface area contributed by atoms with Gasteiger partial charge in [-0.2, -0.15) is 10.2 Å². The Balaban J connectivity index is 1.97. The second kappa shape index (κ2) is 7.84. The van der Waals surface area contributed by atoms with Crippen LogP contribution in [0.4, 0.5) is 0 Å². The Hall–Kier alpha value is -1.80. The molecule has 0 saturated carbocycles. The van der Waals surface area contributed by atoms with Crippen molar-refractivity contribution < 1.29 is 4.74 Å². The molecule has 116 valence electrons. The topological polar surface area (TPSA) is 82.7 Å². The second-order valence-corrected chi connectivity index (χ2v) is 5.26. The first-order valence-electron chi connectivity index (χ1n) is 7.13. The van der Waals surface area contributed by atoms with E-state index in [1.165, 1.54) is 0 Å². The molecule has 0 bridgehead atoms. The van der Waals surface area contributed by atoms with Crippen LogP contribution in [0.1, 0.15) is 25.5 Å². The first-order chi connectivity index (χ1) is 10.2. The first-order valence-corrected chi connectivity index (χ1v) is 7.13. The summed E-state index contributed by atoms with van der Waals surface area (Å²) >= 11 is 0. The summed E-state index contributed by atoms with van der Waals surface area (Å²) in [6.45, 7) is 7.86. The molecule has 2 heterocycles. The molecule has 0 aliphatic rings. The number of hydrogen-bond acceptors (Lipinski definition) is 6. The molecule has 0 spiro atoms. The third-order valence-electron chi connectivity index (χ3n) is 2.99. The first kappa shape index (κ1) is 15.6. The van der Waals surface area contributed by atoms with E-state index in [1.54, 1.807) is 19.8 Å². The van der Waals surface area contributed by atoms with Crippen molar-refractivity contribution in [3.63, 3.8) is 0 Å². The molecule has 1 N–H and O–H groups in total. The molecule has 0 radical (unpaired) electrons. The predicted octanol–water partition coefficient (Wildman–Crippen LogP) is 0.310. The van der Waals surface area contributed by atoms with Crippen LogP contribution in [0.2, 0.25) is 0 Å². The van der Waals surface area contributed by atoms with E-state index in [-0.39, 0.29) is 0 Å². The van der Waals surface area contributed by atoms with Crippen LogP contribution >= 0.6 is 0 Å². The van der Waals surface area contributed by atoms with Gasteiger partial charge in [0.15, 0.2) is 0 Å². The number of ether oxygens (including phenoxy) is 1. The summed E-state index contributed by atoms with van der Waals surface area (Å²) in [6.07, 6.45) is 3.15. The highest BCUT2D eigenvalue weighted by Gasteiger charge is 2.10. The third kappa shape index (κ3) is 4.61. The summed E-state index contributed by atoms with van der Waals surface area (Å²) in [7, 11) is 1.69. The van der Waals surface area contributed by atoms with Crippen LogP contribution in [0.25, 0.3) is 0 Å². The highest BCUT2D eigenvalue weighted by molar-refractivity contribution is 4.91. The van der Waals surface area contributed by atoms with Gasteiger partial charge in [0.05, 0.1) is 13.2 Å². The summed E-state index contributed by atoms with van der Waals surface area (Å²) in [6, 6.07) is 0. The number of nitrogens with zero attached hydrogens (tertiary/aromatic N) is 6. The minimum absolute atomic E-state index is 0.524. The highest BCUT2D eigenvalue weighted by Crippen LogP contribution is 2.04. The van der Waals surface area contributed by atoms with Gasteiger partial charge in [0.1, 0.15) is 30.8 Å². The van der Waals surface area contributed by atoms with Crippen LogP contribution < -0.4 is 5.32 Å². The molecule has 0 aliphatic heterocycles. The third-order valence-corrected chi connectivity index (χ3v) is 2.99. The highest BCUT2D eigenvalue weighted by atomic mass is 16.5. The molecule has 2 aromatic heterocycles. The van der Waals surface area contributed by atoms with Gasteiger partial charge in [0.2, 0.25) is 0 Å². The molecule has 0 fully saturated rings. The van der Waals surface area contributed by atoms with Crippen molar-refractivity contribution in [2.45, 2.75) is 33.5 Å². The Kier molecular flexibility index (Phi) is 5.82. The molecule has 2 aromatic rings. The Bertz CT molecular complexity index is 534. The van der Waals surface area contributed by atoms with Crippen LogP contribution in [0, 0.1) is 5.92 Å². The predicted molar refractivity (Wildman–Crippen MR) is 77.6 cm³/mol. The van der Waals surface area contributed by atoms with Gasteiger partial charge in [-0.25, -0.2) is 19.3 Å². The van der Waals surface area contributed by atoms with Crippen molar-refractivity contribution in [1.29, 1.82) is 0 Å². The van der Waals surface area contributed by atoms with Gasteiger partial charge in [-0.15, -0.1) is 0 Å². The number of hydrogen-bond donors (Lipinski definition) is 1. The second-order valence-electron chi connectivity index (χ2n) is 5.26. The SMILES string of the molecule is COCCNCc1ncnn1Cc1ncnn1CC(C)C. The zero-order chi connectivity index (χ0) is 15.1. The number of nitrogens with one attached hydrogen (secondary N) is 1. The summed E-state index contributed by atoms with van der Waals surface area (Å²) in [5.74, 6) is 2.30. The molecule has 0 atom stereocenters. The van der Waals surface area contributed by atoms with E-state index < -0.39 is 0 Å². The van der Waals surface area contributed by atoms with Gasteiger partial charge in [0.25, 0.3) is 0 Å². The van der Waals surface area contributed by atoms with E-state index in [9.17, 15) is 0 Å². The smallest absolute Gasteiger partial charge is 0.148 e. The van der Waals surface area contributed by atoms with Gasteiger partial charge in [-0.1, -0.05) is 13.8 Å². The van der Waals surface area contributed by atoms with Gasteiger partial charge in [-0.3, -0.25) is 0 Å². The normalized spacial score (nSPS) is 11.4. The van der Waals surface area contributed by atoms with E-state index in [1.807, 2.05) is 9.36 Å². The maximum atomic E-state index is 5.00. The van der Waals surface area contributed by atoms with E-state index >= 15 is 0 Å². The minimum Gasteiger partial charge on any atom is -0.383 e. The summed E-state index contributed by atoms with van der Waals surface area (Å²) in [4.78, 5) is 8.59. The standard InChI is InChI=1S/C13H23N7O/c1-11(2)7-19-13(16-10-17-19)8-20-12(15-9-18-20)6-14-4-5-21-3/h9-11,14H,4-8H2,1-3H3. The number of aromatic nitrogens is 6. The fraction of sp³-hybridized carbons (Fsp3) is 0.692. The van der Waals surface area contributed by atoms with E-state index in [2.05, 4.69) is 39.3 Å². The monoisotopic (exact) mass is 293 g/mol. The van der Waals surface area contributed by atoms with Crippen LogP contribution in [0.15, 0.2) is 12.7 Å². The molecule has 21 heavy (non-hydrogen) atoms. The largest absolute Gasteiger partial charge is 0.383 e. The molecule has 2 rings (SSSR count). The lowest BCUT2D eigenvalue weighted by Crippen LogP contribution is -2.22. The van der Waals surface area contributed by atoms with Crippen LogP contribution in [-0.4, -0.2) is 49.8 Å². The molecule has 8 heteroatoms. The van der Waals surface area contributed by atoms with Crippen LogP contribution in [-0.2, 0) is 24.4 Å². The minimum atomic E-state index is 0.524. The molecule has 0 amide bonds. The lowest BCUT2D eigenvalue weighted by molar-refractivity contribution is 0.198. The Morgan fingerprint density at radius 1 is 1.14 bits per heavy atom. The zero-order valence-electron chi connectivity index (χ0n) is 12.9. The van der Waals surface area contributed by atoms with Crippen LogP contribution in [0.5, 0.6) is 0 Å². The summed E-state index contributed by atoms with van der Waals surface area (Å²) in [5.41, 5.74) is 0. The summed E-state index contributed by atoms with van der Waals surface area (Å²) in [5, 5.41) is 11.8. The van der Waals surface area contributed by atoms with Crippen molar-refractivity contribution in [2.24, 2.45) is 5.92 Å². The van der Waals surface area contributed by atoms with E-state index in [0.29, 0.717) is 25.6 Å². The quantitative estimate of drug-likeness (QED) is 0.670. The molecule has 0 unspecified atom stereocenters. The number of rotatable bonds is 9. The van der Waals surface area contributed by atoms with Gasteiger partial charge >= 0.3 is 0 Å². The molecule has 0 saturated heterocycles. The maximum absolute atomic E-state index is 5.00. The van der Waals surface area contributed by atoms with Crippen molar-refractivity contribution in [3.8, 4) is 0 Å². The van der Waals surface area contributed by atoms with Gasteiger partial charge in [0, 0.05) is 20.2 Å². The van der Waals surface area contributed by atoms with Crippen LogP contribution in [0.3, 0.4) is 0 Å². The Morgan fingerprint density at radius 3 is 2.57 bits per heavy atom. The fourth-order valence-electron chi connectivity index (χ4n) is 1.97. The Labute approximate surface area is 124 Å². The molecular formula is C13H23N7O. The number of methoxy groups -OCH3 is 1. The Morgan fingerprint density at radius 2 is 1.86 bits per heavy atom. The van der Waals surface area contributed by atoms with Gasteiger partial charge < -0.3 is 10.1 Å². The molecular weight excluding hydrogens is 270 g/mol. The van der Waals surface area contributed by atoms with Gasteiger partial charge in [-0.05, 0) is 5.92 Å². The molecule has 8 nitrogen and oxygen atoms in total. The van der Waals surface area contributed by atoms with Crippen molar-refractivity contribution in [2.75, 3.05) is 20.3 Å². The zero-order valence-corrected chi connectivity index (χ0v) is 12.9. The van der Waals surface area contributed by atoms with Crippen molar-refractivity contribution >= 4 is 0 Å². The lowest BCUT2D eigenvalue weighted by atomic mass is 10.2. The lowest BCUT2D eigenvalue weighted by Gasteiger charge is -2.10. The average Bonchev–Trinajstić information content (AvgIpc) is 3.05. The molecule has 0 aliphatic carbocycles. The fourth-order valence-corrected chi connectivity index (χ4v) is 1.97. The summed E-state index contributed by atoms with van der Waals surface area (Å²) < 4.78 is 8.78. The molecule has 0 aromatic carbocycles. The van der Waals surface area contributed by atoms with Crippen molar-refractivity contribution in [3.05, 3.63) is 24.3 Å². The van der Waals surface area contributed by atoms with E-state index in [0.717, 1.165) is 24.7 Å². The average molecular weight is 293 g/mol.